The van der Waals surface area contributed by atoms with Crippen molar-refractivity contribution in [2.45, 2.75) is 62.2 Å². The number of piperidine rings is 1. The molecule has 2 fully saturated rings. The van der Waals surface area contributed by atoms with Gasteiger partial charge in [0, 0.05) is 30.0 Å². The van der Waals surface area contributed by atoms with E-state index >= 15 is 0 Å². The average molecular weight is 455 g/mol. The molecule has 5 heteroatoms. The number of likely N-dealkylation sites (tertiary alicyclic amines) is 1. The van der Waals surface area contributed by atoms with E-state index in [9.17, 15) is 5.11 Å². The fourth-order valence-corrected chi connectivity index (χ4v) is 7.82. The quantitative estimate of drug-likeness (QED) is 0.641. The van der Waals surface area contributed by atoms with Crippen molar-refractivity contribution in [2.24, 2.45) is 5.92 Å². The normalized spacial score (nSPS) is 32.8. The summed E-state index contributed by atoms with van der Waals surface area (Å²) >= 11 is 0. The molecular weight excluding hydrogens is 424 g/mol. The van der Waals surface area contributed by atoms with Crippen molar-refractivity contribution in [3.8, 4) is 11.5 Å². The van der Waals surface area contributed by atoms with Crippen LogP contribution in [0.5, 0.6) is 11.5 Å². The van der Waals surface area contributed by atoms with Gasteiger partial charge in [0.1, 0.15) is 0 Å². The second-order valence-corrected chi connectivity index (χ2v) is 11.3. The van der Waals surface area contributed by atoms with E-state index in [1.54, 1.807) is 7.11 Å². The Morgan fingerprint density at radius 3 is 2.88 bits per heavy atom. The largest absolute Gasteiger partial charge is 0.493 e. The number of hydrogen-bond donors (Lipinski definition) is 1. The van der Waals surface area contributed by atoms with Gasteiger partial charge < -0.3 is 14.6 Å². The molecule has 8 rings (SSSR count). The highest BCUT2D eigenvalue weighted by molar-refractivity contribution is 5.81. The summed E-state index contributed by atoms with van der Waals surface area (Å²) < 4.78 is 12.6. The Hall–Kier alpha value is -2.63. The van der Waals surface area contributed by atoms with E-state index in [-0.39, 0.29) is 12.1 Å². The van der Waals surface area contributed by atoms with Gasteiger partial charge in [-0.1, -0.05) is 17.7 Å². The SMILES string of the molecule is COc1ccc2c3c1OC1c4nc5ccc(C)cc5cc4CC4(O)[C@@H](C2)N(CC2CC2)CC[C@]314. The molecule has 3 aromatic rings. The maximum absolute atomic E-state index is 12.9. The predicted molar refractivity (Wildman–Crippen MR) is 130 cm³/mol. The van der Waals surface area contributed by atoms with E-state index in [4.69, 9.17) is 14.5 Å². The predicted octanol–water partition coefficient (Wildman–Crippen LogP) is 4.25. The number of aryl methyl sites for hydroxylation is 1. The lowest BCUT2D eigenvalue weighted by molar-refractivity contribution is -0.173. The number of aliphatic hydroxyl groups is 1. The van der Waals surface area contributed by atoms with Gasteiger partial charge in [-0.25, -0.2) is 4.98 Å². The number of pyridine rings is 1. The van der Waals surface area contributed by atoms with Crippen molar-refractivity contribution < 1.29 is 14.6 Å². The van der Waals surface area contributed by atoms with E-state index < -0.39 is 11.0 Å². The summed E-state index contributed by atoms with van der Waals surface area (Å²) in [5.74, 6) is 2.39. The van der Waals surface area contributed by atoms with Crippen LogP contribution in [0, 0.1) is 12.8 Å². The van der Waals surface area contributed by atoms with Gasteiger partial charge in [-0.2, -0.15) is 0 Å². The molecule has 2 aliphatic heterocycles. The number of rotatable bonds is 3. The molecule has 1 aromatic heterocycles. The molecule has 0 radical (unpaired) electrons. The fraction of sp³-hybridized carbons (Fsp3) is 0.483. The fourth-order valence-electron chi connectivity index (χ4n) is 7.82. The lowest BCUT2D eigenvalue weighted by Crippen LogP contribution is -2.74. The molecule has 0 amide bonds. The van der Waals surface area contributed by atoms with Crippen LogP contribution < -0.4 is 9.47 Å². The molecule has 1 spiro atoms. The third kappa shape index (κ3) is 2.26. The van der Waals surface area contributed by atoms with Crippen molar-refractivity contribution in [3.05, 3.63) is 64.3 Å². The molecule has 174 valence electrons. The molecule has 1 N–H and O–H groups in total. The molecule has 5 aliphatic rings. The molecule has 3 heterocycles. The first-order chi connectivity index (χ1) is 16.5. The molecule has 2 bridgehead atoms. The van der Waals surface area contributed by atoms with Crippen LogP contribution in [0.15, 0.2) is 36.4 Å². The first-order valence-electron chi connectivity index (χ1n) is 12.8. The number of fused-ring (bicyclic) bond motifs is 3. The smallest absolute Gasteiger partial charge is 0.166 e. The third-order valence-electron chi connectivity index (χ3n) is 9.51. The zero-order valence-electron chi connectivity index (χ0n) is 19.8. The highest BCUT2D eigenvalue weighted by Gasteiger charge is 2.72. The van der Waals surface area contributed by atoms with Gasteiger partial charge in [-0.05, 0) is 80.5 Å². The van der Waals surface area contributed by atoms with E-state index in [0.29, 0.717) is 6.42 Å². The van der Waals surface area contributed by atoms with Gasteiger partial charge in [0.05, 0.1) is 29.3 Å². The number of hydrogen-bond acceptors (Lipinski definition) is 5. The Kier molecular flexibility index (Phi) is 3.65. The highest BCUT2D eigenvalue weighted by Crippen LogP contribution is 2.68. The van der Waals surface area contributed by atoms with Gasteiger partial charge in [-0.15, -0.1) is 0 Å². The van der Waals surface area contributed by atoms with Gasteiger partial charge >= 0.3 is 0 Å². The van der Waals surface area contributed by atoms with Crippen molar-refractivity contribution in [3.63, 3.8) is 0 Å². The lowest BCUT2D eigenvalue weighted by atomic mass is 9.49. The molecule has 2 unspecified atom stereocenters. The van der Waals surface area contributed by atoms with Crippen LogP contribution in [-0.2, 0) is 18.3 Å². The van der Waals surface area contributed by atoms with Crippen LogP contribution in [0.1, 0.15) is 53.3 Å². The van der Waals surface area contributed by atoms with Crippen molar-refractivity contribution in [1.82, 2.24) is 9.88 Å². The Labute approximate surface area is 199 Å². The van der Waals surface area contributed by atoms with Crippen LogP contribution in [-0.4, -0.2) is 46.8 Å². The molecule has 5 nitrogen and oxygen atoms in total. The first kappa shape index (κ1) is 19.7. The Morgan fingerprint density at radius 2 is 2.06 bits per heavy atom. The third-order valence-corrected chi connectivity index (χ3v) is 9.51. The van der Waals surface area contributed by atoms with Crippen LogP contribution in [0.2, 0.25) is 0 Å². The number of methoxy groups -OCH3 is 1. The molecule has 4 atom stereocenters. The molecule has 3 aliphatic carbocycles. The van der Waals surface area contributed by atoms with Crippen LogP contribution in [0.25, 0.3) is 10.9 Å². The minimum atomic E-state index is -0.887. The Balaban J connectivity index is 1.40. The van der Waals surface area contributed by atoms with Gasteiger partial charge in [0.2, 0.25) is 0 Å². The number of nitrogens with zero attached hydrogens (tertiary/aromatic N) is 2. The van der Waals surface area contributed by atoms with E-state index in [0.717, 1.165) is 65.5 Å². The molecular formula is C29H30N2O3. The Morgan fingerprint density at radius 1 is 1.18 bits per heavy atom. The second-order valence-electron chi connectivity index (χ2n) is 11.3. The zero-order valence-corrected chi connectivity index (χ0v) is 19.8. The average Bonchev–Trinajstić information content (AvgIpc) is 3.56. The standard InChI is InChI=1S/C29H30N2O3/c1-16-3-7-21-19(11-16)12-20-14-29(32)23-13-18-6-8-22(33-2)26-24(18)28(29,27(34-26)25(20)30-21)9-10-31(23)15-17-4-5-17/h3,6-8,11-12,17,23,27,32H,4-5,9-10,13-15H2,1-2H3/t23-,27?,28+,29?/m1/s1. The number of aromatic nitrogens is 1. The molecule has 34 heavy (non-hydrogen) atoms. The van der Waals surface area contributed by atoms with Gasteiger partial charge in [0.15, 0.2) is 17.6 Å². The second kappa shape index (κ2) is 6.32. The van der Waals surface area contributed by atoms with Crippen molar-refractivity contribution in [2.75, 3.05) is 20.2 Å². The van der Waals surface area contributed by atoms with Crippen LogP contribution in [0.4, 0.5) is 0 Å². The summed E-state index contributed by atoms with van der Waals surface area (Å²) in [7, 11) is 1.71. The van der Waals surface area contributed by atoms with Crippen molar-refractivity contribution >= 4 is 10.9 Å². The molecule has 1 saturated heterocycles. The maximum Gasteiger partial charge on any atom is 0.166 e. The minimum Gasteiger partial charge on any atom is -0.493 e. The topological polar surface area (TPSA) is 54.8 Å². The molecule has 1 saturated carbocycles. The maximum atomic E-state index is 12.9. The van der Waals surface area contributed by atoms with Gasteiger partial charge in [-0.3, -0.25) is 4.90 Å². The summed E-state index contributed by atoms with van der Waals surface area (Å²) in [6.45, 7) is 4.23. The number of benzene rings is 2. The van der Waals surface area contributed by atoms with E-state index in [1.165, 1.54) is 29.5 Å². The first-order valence-corrected chi connectivity index (χ1v) is 12.8. The lowest BCUT2D eigenvalue weighted by Gasteiger charge is -2.63. The summed E-state index contributed by atoms with van der Waals surface area (Å²) in [6.07, 6.45) is 4.74. The van der Waals surface area contributed by atoms with Crippen molar-refractivity contribution in [1.29, 1.82) is 0 Å². The van der Waals surface area contributed by atoms with E-state index in [1.807, 2.05) is 6.07 Å². The summed E-state index contributed by atoms with van der Waals surface area (Å²) in [4.78, 5) is 7.79. The minimum absolute atomic E-state index is 0.0983. The number of ether oxygens (including phenoxy) is 2. The summed E-state index contributed by atoms with van der Waals surface area (Å²) in [6, 6.07) is 13.0. The van der Waals surface area contributed by atoms with E-state index in [2.05, 4.69) is 42.2 Å². The molecule has 2 aromatic carbocycles. The monoisotopic (exact) mass is 454 g/mol. The summed E-state index contributed by atoms with van der Waals surface area (Å²) in [5, 5.41) is 14.0. The summed E-state index contributed by atoms with van der Waals surface area (Å²) in [5.41, 5.74) is 5.50. The zero-order chi connectivity index (χ0) is 22.8. The highest BCUT2D eigenvalue weighted by atomic mass is 16.5. The Bertz CT molecular complexity index is 1380. The van der Waals surface area contributed by atoms with Gasteiger partial charge in [0.25, 0.3) is 0 Å². The van der Waals surface area contributed by atoms with Crippen LogP contribution in [0.3, 0.4) is 0 Å². The van der Waals surface area contributed by atoms with Crippen LogP contribution >= 0.6 is 0 Å².